The van der Waals surface area contributed by atoms with Crippen LogP contribution in [0.25, 0.3) is 5.69 Å². The van der Waals surface area contributed by atoms with E-state index < -0.39 is 17.2 Å². The van der Waals surface area contributed by atoms with Crippen LogP contribution in [0.4, 0.5) is 14.5 Å². The third-order valence-electron chi connectivity index (χ3n) is 4.16. The molecule has 0 N–H and O–H groups in total. The van der Waals surface area contributed by atoms with Crippen molar-refractivity contribution in [1.29, 1.82) is 0 Å². The van der Waals surface area contributed by atoms with Gasteiger partial charge in [-0.25, -0.2) is 8.78 Å². The fourth-order valence-electron chi connectivity index (χ4n) is 3.00. The molecule has 3 rings (SSSR count). The van der Waals surface area contributed by atoms with Crippen LogP contribution < -0.4 is 10.5 Å². The van der Waals surface area contributed by atoms with Gasteiger partial charge in [0, 0.05) is 25.8 Å². The number of hydrogen-bond acceptors (Lipinski definition) is 4. The van der Waals surface area contributed by atoms with Gasteiger partial charge in [0.1, 0.15) is 16.5 Å². The summed E-state index contributed by atoms with van der Waals surface area (Å²) in [4.78, 5) is 14.5. The number of ether oxygens (including phenoxy) is 1. The van der Waals surface area contributed by atoms with E-state index in [2.05, 4.69) is 5.10 Å². The number of nitrogens with zero attached hydrogens (tertiary/aromatic N) is 3. The first-order valence-corrected chi connectivity index (χ1v) is 8.49. The molecule has 25 heavy (non-hydrogen) atoms. The Kier molecular flexibility index (Phi) is 5.34. The van der Waals surface area contributed by atoms with Gasteiger partial charge in [-0.05, 0) is 31.9 Å². The summed E-state index contributed by atoms with van der Waals surface area (Å²) in [5, 5.41) is 3.98. The quantitative estimate of drug-likeness (QED) is 0.830. The molecule has 0 radical (unpaired) electrons. The lowest BCUT2D eigenvalue weighted by molar-refractivity contribution is 0.0526. The van der Waals surface area contributed by atoms with Crippen LogP contribution in [0.2, 0.25) is 5.02 Å². The number of hydrogen-bond donors (Lipinski definition) is 0. The molecular weight excluding hydrogens is 352 g/mol. The van der Waals surface area contributed by atoms with Crippen LogP contribution in [-0.2, 0) is 4.74 Å². The Morgan fingerprint density at radius 3 is 2.88 bits per heavy atom. The number of rotatable bonds is 4. The summed E-state index contributed by atoms with van der Waals surface area (Å²) in [5.74, 6) is -1.61. The molecule has 0 aliphatic carbocycles. The van der Waals surface area contributed by atoms with Gasteiger partial charge in [-0.2, -0.15) is 9.78 Å². The fraction of sp³-hybridized carbons (Fsp3) is 0.412. The standard InChI is InChI=1S/C17H18ClF2N3O2/c1-2-25-12-4-3-7-22(10-12)15-9-21-23(17(24)16(15)18)14-6-5-11(19)8-13(14)20/h5-6,8-9,12H,2-4,7,10H2,1H3. The molecule has 134 valence electrons. The third kappa shape index (κ3) is 3.67. The van der Waals surface area contributed by atoms with Crippen molar-refractivity contribution in [3.63, 3.8) is 0 Å². The van der Waals surface area contributed by atoms with Gasteiger partial charge in [-0.3, -0.25) is 4.79 Å². The Hall–Kier alpha value is -1.99. The second kappa shape index (κ2) is 7.49. The molecule has 8 heteroatoms. The van der Waals surface area contributed by atoms with Crippen LogP contribution in [0.3, 0.4) is 0 Å². The average Bonchev–Trinajstić information content (AvgIpc) is 2.58. The lowest BCUT2D eigenvalue weighted by atomic mass is 10.1. The molecular formula is C17H18ClF2N3O2. The van der Waals surface area contributed by atoms with Crippen LogP contribution in [0.15, 0.2) is 29.2 Å². The molecule has 1 unspecified atom stereocenters. The minimum atomic E-state index is -0.882. The highest BCUT2D eigenvalue weighted by Crippen LogP contribution is 2.26. The predicted octanol–water partition coefficient (Wildman–Crippen LogP) is 3.17. The van der Waals surface area contributed by atoms with E-state index >= 15 is 0 Å². The molecule has 1 fully saturated rings. The van der Waals surface area contributed by atoms with Gasteiger partial charge in [0.25, 0.3) is 5.56 Å². The third-order valence-corrected chi connectivity index (χ3v) is 4.51. The van der Waals surface area contributed by atoms with Crippen molar-refractivity contribution in [2.24, 2.45) is 0 Å². The lowest BCUT2D eigenvalue weighted by Gasteiger charge is -2.34. The summed E-state index contributed by atoms with van der Waals surface area (Å²) in [6.45, 7) is 3.91. The van der Waals surface area contributed by atoms with E-state index in [1.807, 2.05) is 11.8 Å². The molecule has 5 nitrogen and oxygen atoms in total. The van der Waals surface area contributed by atoms with E-state index in [9.17, 15) is 13.6 Å². The number of anilines is 1. The summed E-state index contributed by atoms with van der Waals surface area (Å²) >= 11 is 6.24. The highest BCUT2D eigenvalue weighted by molar-refractivity contribution is 6.33. The number of benzene rings is 1. The minimum Gasteiger partial charge on any atom is -0.377 e. The molecule has 1 aliphatic rings. The molecule has 0 spiro atoms. The van der Waals surface area contributed by atoms with E-state index in [1.54, 1.807) is 0 Å². The summed E-state index contributed by atoms with van der Waals surface area (Å²) in [5.41, 5.74) is -0.302. The molecule has 2 heterocycles. The van der Waals surface area contributed by atoms with Gasteiger partial charge >= 0.3 is 0 Å². The Morgan fingerprint density at radius 2 is 2.16 bits per heavy atom. The van der Waals surface area contributed by atoms with E-state index in [0.717, 1.165) is 36.2 Å². The maximum atomic E-state index is 13.9. The fourth-order valence-corrected chi connectivity index (χ4v) is 3.25. The molecule has 0 amide bonds. The topological polar surface area (TPSA) is 47.4 Å². The second-order valence-corrected chi connectivity index (χ2v) is 6.20. The zero-order chi connectivity index (χ0) is 18.0. The molecule has 1 aromatic carbocycles. The largest absolute Gasteiger partial charge is 0.377 e. The maximum Gasteiger partial charge on any atom is 0.292 e. The predicted molar refractivity (Wildman–Crippen MR) is 91.6 cm³/mol. The zero-order valence-electron chi connectivity index (χ0n) is 13.7. The van der Waals surface area contributed by atoms with Crippen LogP contribution in [0, 0.1) is 11.6 Å². The van der Waals surface area contributed by atoms with Crippen molar-refractivity contribution in [3.05, 3.63) is 51.4 Å². The Labute approximate surface area is 148 Å². The van der Waals surface area contributed by atoms with E-state index in [4.69, 9.17) is 16.3 Å². The van der Waals surface area contributed by atoms with Crippen molar-refractivity contribution >= 4 is 17.3 Å². The minimum absolute atomic E-state index is 0.0455. The van der Waals surface area contributed by atoms with Gasteiger partial charge in [-0.1, -0.05) is 11.6 Å². The van der Waals surface area contributed by atoms with E-state index in [1.165, 1.54) is 6.20 Å². The van der Waals surface area contributed by atoms with Crippen molar-refractivity contribution in [3.8, 4) is 5.69 Å². The van der Waals surface area contributed by atoms with Crippen LogP contribution >= 0.6 is 11.6 Å². The lowest BCUT2D eigenvalue weighted by Crippen LogP contribution is -2.41. The molecule has 0 bridgehead atoms. The smallest absolute Gasteiger partial charge is 0.292 e. The first-order chi connectivity index (χ1) is 12.0. The summed E-state index contributed by atoms with van der Waals surface area (Å²) in [6, 6.07) is 2.91. The molecule has 1 aliphatic heterocycles. The summed E-state index contributed by atoms with van der Waals surface area (Å²) < 4.78 is 33.5. The maximum absolute atomic E-state index is 13.9. The normalized spacial score (nSPS) is 17.8. The van der Waals surface area contributed by atoms with Crippen molar-refractivity contribution in [2.75, 3.05) is 24.6 Å². The summed E-state index contributed by atoms with van der Waals surface area (Å²) in [6.07, 6.45) is 3.37. The Balaban J connectivity index is 1.94. The SMILES string of the molecule is CCOC1CCCN(c2cnn(-c3ccc(F)cc3F)c(=O)c2Cl)C1. The summed E-state index contributed by atoms with van der Waals surface area (Å²) in [7, 11) is 0. The van der Waals surface area contributed by atoms with Gasteiger partial charge in [0.15, 0.2) is 5.82 Å². The van der Waals surface area contributed by atoms with Gasteiger partial charge < -0.3 is 9.64 Å². The average molecular weight is 370 g/mol. The molecule has 1 atom stereocenters. The van der Waals surface area contributed by atoms with Gasteiger partial charge in [0.05, 0.1) is 18.0 Å². The van der Waals surface area contributed by atoms with Crippen LogP contribution in [-0.4, -0.2) is 35.6 Å². The van der Waals surface area contributed by atoms with Crippen LogP contribution in [0.1, 0.15) is 19.8 Å². The second-order valence-electron chi connectivity index (χ2n) is 5.82. The Morgan fingerprint density at radius 1 is 1.36 bits per heavy atom. The van der Waals surface area contributed by atoms with E-state index in [0.29, 0.717) is 24.9 Å². The van der Waals surface area contributed by atoms with Crippen molar-refractivity contribution in [2.45, 2.75) is 25.9 Å². The first kappa shape index (κ1) is 17.8. The highest BCUT2D eigenvalue weighted by atomic mass is 35.5. The molecule has 0 saturated carbocycles. The van der Waals surface area contributed by atoms with Crippen molar-refractivity contribution in [1.82, 2.24) is 9.78 Å². The molecule has 2 aromatic rings. The van der Waals surface area contributed by atoms with Crippen LogP contribution in [0.5, 0.6) is 0 Å². The number of halogens is 3. The Bertz CT molecular complexity index is 826. The van der Waals surface area contributed by atoms with E-state index in [-0.39, 0.29) is 16.8 Å². The highest BCUT2D eigenvalue weighted by Gasteiger charge is 2.24. The van der Waals surface area contributed by atoms with Crippen molar-refractivity contribution < 1.29 is 13.5 Å². The molecule has 1 saturated heterocycles. The van der Waals surface area contributed by atoms with Gasteiger partial charge in [0.2, 0.25) is 0 Å². The zero-order valence-corrected chi connectivity index (χ0v) is 14.5. The first-order valence-electron chi connectivity index (χ1n) is 8.11. The monoisotopic (exact) mass is 369 g/mol. The van der Waals surface area contributed by atoms with Gasteiger partial charge in [-0.15, -0.1) is 0 Å². The molecule has 1 aromatic heterocycles. The number of piperidine rings is 1. The number of aromatic nitrogens is 2.